The highest BCUT2D eigenvalue weighted by Gasteiger charge is 2.23. The first-order valence-corrected chi connectivity index (χ1v) is 9.86. The van der Waals surface area contributed by atoms with Gasteiger partial charge in [-0.15, -0.1) is 10.2 Å². The lowest BCUT2D eigenvalue weighted by molar-refractivity contribution is -0.131. The zero-order chi connectivity index (χ0) is 17.5. The summed E-state index contributed by atoms with van der Waals surface area (Å²) in [5.41, 5.74) is 0. The second kappa shape index (κ2) is 9.02. The van der Waals surface area contributed by atoms with E-state index in [0.717, 1.165) is 63.1 Å². The molecule has 1 aliphatic heterocycles. The molecule has 25 heavy (non-hydrogen) atoms. The Hall–Kier alpha value is -1.85. The fraction of sp³-hybridized carbons (Fsp3) is 0.737. The smallest absolute Gasteiger partial charge is 0.222 e. The lowest BCUT2D eigenvalue weighted by atomic mass is 9.86. The topological polar surface area (TPSA) is 61.4 Å². The predicted octanol–water partition coefficient (Wildman–Crippen LogP) is 2.92. The number of nitrogens with zero attached hydrogens (tertiary/aromatic N) is 4. The molecule has 0 spiro atoms. The van der Waals surface area contributed by atoms with Crippen LogP contribution in [0.4, 0.5) is 11.6 Å². The van der Waals surface area contributed by atoms with Crippen molar-refractivity contribution in [3.63, 3.8) is 0 Å². The average molecular weight is 345 g/mol. The molecule has 0 radical (unpaired) electrons. The van der Waals surface area contributed by atoms with E-state index >= 15 is 0 Å². The van der Waals surface area contributed by atoms with Gasteiger partial charge in [-0.1, -0.05) is 32.1 Å². The maximum atomic E-state index is 12.5. The highest BCUT2D eigenvalue weighted by atomic mass is 16.2. The summed E-state index contributed by atoms with van der Waals surface area (Å²) >= 11 is 0. The van der Waals surface area contributed by atoms with Crippen LogP contribution < -0.4 is 10.2 Å². The quantitative estimate of drug-likeness (QED) is 0.859. The molecule has 1 aromatic heterocycles. The summed E-state index contributed by atoms with van der Waals surface area (Å²) in [5.74, 6) is 2.82. The fourth-order valence-electron chi connectivity index (χ4n) is 3.92. The summed E-state index contributed by atoms with van der Waals surface area (Å²) in [5, 5.41) is 11.6. The summed E-state index contributed by atoms with van der Waals surface area (Å²) in [6.07, 6.45) is 8.53. The Morgan fingerprint density at radius 2 is 1.88 bits per heavy atom. The van der Waals surface area contributed by atoms with Gasteiger partial charge in [0, 0.05) is 39.1 Å². The minimum Gasteiger partial charge on any atom is -0.369 e. The Bertz CT molecular complexity index is 533. The number of hydrogen-bond donors (Lipinski definition) is 1. The van der Waals surface area contributed by atoms with E-state index in [2.05, 4.69) is 20.4 Å². The van der Waals surface area contributed by atoms with E-state index in [9.17, 15) is 4.79 Å². The molecular weight excluding hydrogens is 314 g/mol. The number of amides is 1. The van der Waals surface area contributed by atoms with E-state index in [1.807, 2.05) is 24.0 Å². The number of piperazine rings is 1. The SMILES string of the molecule is CCNc1ccc(N2CCN(C(=O)CCC3CCCCC3)CC2)nn1. The molecule has 1 amide bonds. The van der Waals surface area contributed by atoms with Gasteiger partial charge in [0.1, 0.15) is 5.82 Å². The van der Waals surface area contributed by atoms with Gasteiger partial charge in [-0.25, -0.2) is 0 Å². The Morgan fingerprint density at radius 3 is 2.52 bits per heavy atom. The number of aromatic nitrogens is 2. The van der Waals surface area contributed by atoms with Crippen LogP contribution in [0.3, 0.4) is 0 Å². The molecule has 1 aliphatic carbocycles. The maximum absolute atomic E-state index is 12.5. The summed E-state index contributed by atoms with van der Waals surface area (Å²) < 4.78 is 0. The van der Waals surface area contributed by atoms with Crippen molar-refractivity contribution in [2.45, 2.75) is 51.9 Å². The third-order valence-electron chi connectivity index (χ3n) is 5.46. The molecule has 1 saturated carbocycles. The highest BCUT2D eigenvalue weighted by Crippen LogP contribution is 2.27. The predicted molar refractivity (Wildman–Crippen MR) is 101 cm³/mol. The molecule has 0 atom stereocenters. The molecule has 2 heterocycles. The molecule has 1 saturated heterocycles. The number of hydrogen-bond acceptors (Lipinski definition) is 5. The third-order valence-corrected chi connectivity index (χ3v) is 5.46. The van der Waals surface area contributed by atoms with Crippen LogP contribution in [0.25, 0.3) is 0 Å². The van der Waals surface area contributed by atoms with Crippen LogP contribution >= 0.6 is 0 Å². The first kappa shape index (κ1) is 18.0. The molecule has 6 nitrogen and oxygen atoms in total. The molecule has 0 aromatic carbocycles. The van der Waals surface area contributed by atoms with Crippen LogP contribution in [0.15, 0.2) is 12.1 Å². The minimum atomic E-state index is 0.332. The first-order valence-electron chi connectivity index (χ1n) is 9.86. The minimum absolute atomic E-state index is 0.332. The van der Waals surface area contributed by atoms with Crippen molar-refractivity contribution < 1.29 is 4.79 Å². The van der Waals surface area contributed by atoms with Crippen LogP contribution in [-0.4, -0.2) is 53.7 Å². The Morgan fingerprint density at radius 1 is 1.12 bits per heavy atom. The number of rotatable bonds is 6. The summed E-state index contributed by atoms with van der Waals surface area (Å²) in [6.45, 7) is 6.14. The number of nitrogens with one attached hydrogen (secondary N) is 1. The van der Waals surface area contributed by atoms with Crippen LogP contribution in [0.2, 0.25) is 0 Å². The van der Waals surface area contributed by atoms with E-state index in [1.54, 1.807) is 0 Å². The molecule has 2 aliphatic rings. The molecule has 2 fully saturated rings. The van der Waals surface area contributed by atoms with Crippen molar-refractivity contribution in [3.05, 3.63) is 12.1 Å². The van der Waals surface area contributed by atoms with Crippen molar-refractivity contribution >= 4 is 17.5 Å². The fourth-order valence-corrected chi connectivity index (χ4v) is 3.92. The molecule has 138 valence electrons. The van der Waals surface area contributed by atoms with Crippen molar-refractivity contribution in [2.75, 3.05) is 42.9 Å². The van der Waals surface area contributed by atoms with Gasteiger partial charge in [0.05, 0.1) is 0 Å². The van der Waals surface area contributed by atoms with Crippen LogP contribution in [-0.2, 0) is 4.79 Å². The van der Waals surface area contributed by atoms with Crippen molar-refractivity contribution in [1.82, 2.24) is 15.1 Å². The van der Waals surface area contributed by atoms with Crippen LogP contribution in [0.5, 0.6) is 0 Å². The Balaban J connectivity index is 1.42. The van der Waals surface area contributed by atoms with E-state index in [4.69, 9.17) is 0 Å². The van der Waals surface area contributed by atoms with E-state index in [1.165, 1.54) is 32.1 Å². The monoisotopic (exact) mass is 345 g/mol. The van der Waals surface area contributed by atoms with Crippen molar-refractivity contribution in [1.29, 1.82) is 0 Å². The Kier molecular flexibility index (Phi) is 6.48. The molecular formula is C19H31N5O. The largest absolute Gasteiger partial charge is 0.369 e. The van der Waals surface area contributed by atoms with Gasteiger partial charge in [0.15, 0.2) is 5.82 Å². The standard InChI is InChI=1S/C19H31N5O/c1-2-20-17-9-10-18(22-21-17)23-12-14-24(15-13-23)19(25)11-8-16-6-4-3-5-7-16/h9-10,16H,2-8,11-15H2,1H3,(H,20,21). The number of carbonyl (C=O) groups is 1. The van der Waals surface area contributed by atoms with Gasteiger partial charge in [0.2, 0.25) is 5.91 Å². The summed E-state index contributed by atoms with van der Waals surface area (Å²) in [7, 11) is 0. The second-order valence-corrected chi connectivity index (χ2v) is 7.22. The van der Waals surface area contributed by atoms with Gasteiger partial charge in [0.25, 0.3) is 0 Å². The third kappa shape index (κ3) is 5.06. The van der Waals surface area contributed by atoms with E-state index < -0.39 is 0 Å². The normalized spacial score (nSPS) is 19.1. The zero-order valence-electron chi connectivity index (χ0n) is 15.4. The van der Waals surface area contributed by atoms with Gasteiger partial charge in [-0.3, -0.25) is 4.79 Å². The van der Waals surface area contributed by atoms with Gasteiger partial charge < -0.3 is 15.1 Å². The zero-order valence-corrected chi connectivity index (χ0v) is 15.4. The average Bonchev–Trinajstić information content (AvgIpc) is 2.68. The Labute approximate surface area is 151 Å². The lowest BCUT2D eigenvalue weighted by Crippen LogP contribution is -2.49. The van der Waals surface area contributed by atoms with Crippen LogP contribution in [0.1, 0.15) is 51.9 Å². The summed E-state index contributed by atoms with van der Waals surface area (Å²) in [6, 6.07) is 3.97. The second-order valence-electron chi connectivity index (χ2n) is 7.22. The van der Waals surface area contributed by atoms with E-state index in [-0.39, 0.29) is 0 Å². The number of carbonyl (C=O) groups excluding carboxylic acids is 1. The van der Waals surface area contributed by atoms with Crippen molar-refractivity contribution in [2.24, 2.45) is 5.92 Å². The molecule has 6 heteroatoms. The molecule has 0 bridgehead atoms. The maximum Gasteiger partial charge on any atom is 0.222 e. The lowest BCUT2D eigenvalue weighted by Gasteiger charge is -2.35. The molecule has 1 aromatic rings. The number of anilines is 2. The highest BCUT2D eigenvalue weighted by molar-refractivity contribution is 5.76. The molecule has 0 unspecified atom stereocenters. The van der Waals surface area contributed by atoms with E-state index in [0.29, 0.717) is 5.91 Å². The van der Waals surface area contributed by atoms with Crippen molar-refractivity contribution in [3.8, 4) is 0 Å². The molecule has 3 rings (SSSR count). The van der Waals surface area contributed by atoms with Crippen LogP contribution in [0, 0.1) is 5.92 Å². The van der Waals surface area contributed by atoms with Gasteiger partial charge >= 0.3 is 0 Å². The first-order chi connectivity index (χ1) is 12.3. The summed E-state index contributed by atoms with van der Waals surface area (Å²) in [4.78, 5) is 16.7. The van der Waals surface area contributed by atoms with Gasteiger partial charge in [-0.2, -0.15) is 0 Å². The molecule has 1 N–H and O–H groups in total. The van der Waals surface area contributed by atoms with Gasteiger partial charge in [-0.05, 0) is 31.4 Å².